The number of hydrogen-bond acceptors (Lipinski definition) is 7. The normalized spacial score (nSPS) is 28.8. The van der Waals surface area contributed by atoms with Crippen molar-refractivity contribution >= 4 is 31.5 Å². The van der Waals surface area contributed by atoms with Crippen molar-refractivity contribution in [3.8, 4) is 0 Å². The molecule has 0 aromatic heterocycles. The van der Waals surface area contributed by atoms with Crippen LogP contribution in [0.3, 0.4) is 0 Å². The summed E-state index contributed by atoms with van der Waals surface area (Å²) < 4.78 is 52.9. The minimum atomic E-state index is -3.58. The summed E-state index contributed by atoms with van der Waals surface area (Å²) in [5.41, 5.74) is 1.47. The Kier molecular flexibility index (Phi) is 7.75. The Bertz CT molecular complexity index is 1230. The molecule has 208 valence electrons. The molecule has 1 amide bonds. The molecule has 1 aromatic carbocycles. The predicted molar refractivity (Wildman–Crippen MR) is 147 cm³/mol. The van der Waals surface area contributed by atoms with Crippen LogP contribution >= 0.6 is 0 Å². The van der Waals surface area contributed by atoms with Crippen molar-refractivity contribution in [1.82, 2.24) is 14.9 Å². The Balaban J connectivity index is 1.50. The van der Waals surface area contributed by atoms with Gasteiger partial charge in [0.15, 0.2) is 0 Å². The minimum Gasteiger partial charge on any atom is -0.369 e. The zero-order valence-electron chi connectivity index (χ0n) is 22.7. The lowest BCUT2D eigenvalue weighted by atomic mass is 9.69. The van der Waals surface area contributed by atoms with Crippen LogP contribution in [0.15, 0.2) is 24.3 Å². The lowest BCUT2D eigenvalue weighted by molar-refractivity contribution is -0.124. The summed E-state index contributed by atoms with van der Waals surface area (Å²) in [6.45, 7) is 8.48. The highest BCUT2D eigenvalue weighted by Crippen LogP contribution is 2.66. The fourth-order valence-electron chi connectivity index (χ4n) is 7.03. The van der Waals surface area contributed by atoms with E-state index in [4.69, 9.17) is 0 Å². The zero-order chi connectivity index (χ0) is 27.2. The van der Waals surface area contributed by atoms with Gasteiger partial charge in [0, 0.05) is 49.6 Å². The van der Waals surface area contributed by atoms with E-state index in [0.29, 0.717) is 38.5 Å². The molecule has 3 aliphatic rings. The molecule has 1 saturated heterocycles. The molecule has 1 aliphatic heterocycles. The Morgan fingerprint density at radius 3 is 2.32 bits per heavy atom. The van der Waals surface area contributed by atoms with Crippen LogP contribution in [-0.2, 0) is 24.7 Å². The van der Waals surface area contributed by atoms with E-state index < -0.39 is 31.3 Å². The summed E-state index contributed by atoms with van der Waals surface area (Å²) in [5, 5.41) is 5.89. The first-order valence-corrected chi connectivity index (χ1v) is 16.8. The van der Waals surface area contributed by atoms with Gasteiger partial charge in [-0.1, -0.05) is 32.0 Å². The number of piperazine rings is 1. The van der Waals surface area contributed by atoms with Crippen molar-refractivity contribution < 1.29 is 21.6 Å². The molecule has 37 heavy (non-hydrogen) atoms. The molecule has 11 heteroatoms. The second-order valence-corrected chi connectivity index (χ2v) is 15.9. The van der Waals surface area contributed by atoms with Gasteiger partial charge in [0.2, 0.25) is 15.9 Å². The van der Waals surface area contributed by atoms with Gasteiger partial charge in [0.25, 0.3) is 0 Å². The van der Waals surface area contributed by atoms with E-state index in [9.17, 15) is 21.6 Å². The van der Waals surface area contributed by atoms with Gasteiger partial charge in [-0.15, -0.1) is 0 Å². The van der Waals surface area contributed by atoms with E-state index in [-0.39, 0.29) is 28.9 Å². The van der Waals surface area contributed by atoms with Crippen LogP contribution in [-0.4, -0.2) is 90.1 Å². The molecule has 4 rings (SSSR count). The van der Waals surface area contributed by atoms with Gasteiger partial charge in [0.1, 0.15) is 15.9 Å². The number of nitrogens with one attached hydrogen (secondary N) is 2. The van der Waals surface area contributed by atoms with Crippen molar-refractivity contribution in [2.24, 2.45) is 16.7 Å². The number of carbonyl (C=O) groups excluding carboxylic acids is 1. The monoisotopic (exact) mass is 553 g/mol. The van der Waals surface area contributed by atoms with Crippen LogP contribution in [0, 0.1) is 23.7 Å². The third kappa shape index (κ3) is 5.42. The van der Waals surface area contributed by atoms with Crippen molar-refractivity contribution in [3.63, 3.8) is 0 Å². The number of fused-ring (bicyclic) bond motifs is 2. The Morgan fingerprint density at radius 1 is 1.11 bits per heavy atom. The fraction of sp³-hybridized carbons (Fsp3) is 0.731. The van der Waals surface area contributed by atoms with Crippen LogP contribution in [0.4, 0.5) is 5.69 Å². The average molecular weight is 554 g/mol. The number of likely N-dealkylation sites (N-methyl/N-ethyl adjacent to an activating group) is 1. The van der Waals surface area contributed by atoms with Crippen LogP contribution in [0.1, 0.15) is 38.7 Å². The van der Waals surface area contributed by atoms with E-state index in [2.05, 4.69) is 48.4 Å². The summed E-state index contributed by atoms with van der Waals surface area (Å²) >= 11 is 0. The molecule has 2 N–H and O–H groups in total. The molecule has 0 spiro atoms. The van der Waals surface area contributed by atoms with Gasteiger partial charge < -0.3 is 15.5 Å². The van der Waals surface area contributed by atoms with Crippen LogP contribution < -0.4 is 15.5 Å². The van der Waals surface area contributed by atoms with Crippen LogP contribution in [0.2, 0.25) is 0 Å². The molecule has 1 heterocycles. The zero-order valence-corrected chi connectivity index (χ0v) is 24.3. The number of sulfonamides is 1. The first kappa shape index (κ1) is 28.3. The molecular formula is C26H42N4O5S2. The second-order valence-electron chi connectivity index (χ2n) is 11.8. The van der Waals surface area contributed by atoms with E-state index in [0.717, 1.165) is 24.8 Å². The number of aryl methyl sites for hydroxylation is 1. The number of hydrogen-bond donors (Lipinski definition) is 2. The molecule has 9 nitrogen and oxygen atoms in total. The summed E-state index contributed by atoms with van der Waals surface area (Å²) in [6, 6.07) is 6.97. The number of para-hydroxylation sites is 1. The molecule has 2 bridgehead atoms. The van der Waals surface area contributed by atoms with Crippen molar-refractivity contribution in [1.29, 1.82) is 0 Å². The van der Waals surface area contributed by atoms with Gasteiger partial charge in [0.05, 0.1) is 11.5 Å². The summed E-state index contributed by atoms with van der Waals surface area (Å²) in [7, 11) is -5.37. The number of amides is 1. The summed E-state index contributed by atoms with van der Waals surface area (Å²) in [6.07, 6.45) is 3.49. The van der Waals surface area contributed by atoms with Gasteiger partial charge in [-0.05, 0) is 56.2 Å². The molecule has 2 saturated carbocycles. The SMILES string of the molecule is Cc1ccccc1N1CCN(S(=O)(=O)C[C@]23CC[C@H](C[C@@H]2NC(=O)[C@H](CS(C)(=O)=O)N[11CH3])C3(C)C)CC1. The molecule has 0 radical (unpaired) electrons. The van der Waals surface area contributed by atoms with Gasteiger partial charge >= 0.3 is 0 Å². The first-order chi connectivity index (χ1) is 17.2. The molecular weight excluding hydrogens is 511 g/mol. The van der Waals surface area contributed by atoms with E-state index >= 15 is 0 Å². The Labute approximate surface area is 222 Å². The second kappa shape index (κ2) is 10.1. The summed E-state index contributed by atoms with van der Waals surface area (Å²) in [4.78, 5) is 15.3. The van der Waals surface area contributed by atoms with Gasteiger partial charge in [-0.25, -0.2) is 16.8 Å². The Morgan fingerprint density at radius 2 is 1.76 bits per heavy atom. The maximum Gasteiger partial charge on any atom is 0.238 e. The van der Waals surface area contributed by atoms with Crippen molar-refractivity contribution in [3.05, 3.63) is 29.8 Å². The van der Waals surface area contributed by atoms with Gasteiger partial charge in [-0.3, -0.25) is 4.79 Å². The fourth-order valence-corrected chi connectivity index (χ4v) is 10.2. The third-order valence-electron chi connectivity index (χ3n) is 9.41. The number of nitrogens with zero attached hydrogens (tertiary/aromatic N) is 2. The number of rotatable bonds is 9. The number of anilines is 1. The number of carbonyl (C=O) groups is 1. The standard InChI is InChI=1S/C26H42N4O5S2/c1-19-8-6-7-9-22(19)29-12-14-30(15-13-29)37(34,35)18-26-11-10-20(25(26,2)3)16-23(26)28-24(31)21(27-4)17-36(5,32)33/h6-9,20-21,23,27H,10-18H2,1-5H3,(H,28,31)/t20-,21+,23+,26-/m1/s1/i4-1. The molecule has 3 fully saturated rings. The Hall–Kier alpha value is -1.69. The lowest BCUT2D eigenvalue weighted by Crippen LogP contribution is -2.58. The quantitative estimate of drug-likeness (QED) is 0.475. The smallest absolute Gasteiger partial charge is 0.238 e. The number of benzene rings is 1. The molecule has 2 aliphatic carbocycles. The minimum absolute atomic E-state index is 0.00485. The maximum absolute atomic E-state index is 13.8. The topological polar surface area (TPSA) is 116 Å². The maximum atomic E-state index is 13.8. The van der Waals surface area contributed by atoms with Crippen LogP contribution in [0.5, 0.6) is 0 Å². The first-order valence-electron chi connectivity index (χ1n) is 13.1. The highest BCUT2D eigenvalue weighted by Gasteiger charge is 2.66. The lowest BCUT2D eigenvalue weighted by Gasteiger charge is -2.44. The van der Waals surface area contributed by atoms with Crippen molar-refractivity contribution in [2.75, 3.05) is 55.9 Å². The number of sulfone groups is 1. The molecule has 4 atom stereocenters. The van der Waals surface area contributed by atoms with E-state index in [1.54, 1.807) is 11.4 Å². The largest absolute Gasteiger partial charge is 0.369 e. The van der Waals surface area contributed by atoms with E-state index in [1.807, 2.05) is 12.1 Å². The molecule has 0 unspecified atom stereocenters. The van der Waals surface area contributed by atoms with Crippen molar-refractivity contribution in [2.45, 2.75) is 52.1 Å². The van der Waals surface area contributed by atoms with Crippen LogP contribution in [0.25, 0.3) is 0 Å². The van der Waals surface area contributed by atoms with Gasteiger partial charge in [-0.2, -0.15) is 4.31 Å². The predicted octanol–water partition coefficient (Wildman–Crippen LogP) is 1.39. The third-order valence-corrected chi connectivity index (χ3v) is 12.4. The highest BCUT2D eigenvalue weighted by molar-refractivity contribution is 7.90. The highest BCUT2D eigenvalue weighted by atomic mass is 32.2. The van der Waals surface area contributed by atoms with E-state index in [1.165, 1.54) is 5.56 Å². The average Bonchev–Trinajstić information content (AvgIpc) is 3.17. The molecule has 1 aromatic rings. The summed E-state index contributed by atoms with van der Waals surface area (Å²) in [5.74, 6) is -0.376.